The zero-order valence-corrected chi connectivity index (χ0v) is 17.2. The molecule has 144 valence electrons. The molecule has 3 N–H and O–H groups in total. The van der Waals surface area contributed by atoms with Gasteiger partial charge in [-0.3, -0.25) is 0 Å². The highest BCUT2D eigenvalue weighted by atomic mass is 32.2. The summed E-state index contributed by atoms with van der Waals surface area (Å²) in [6.07, 6.45) is 12.4. The van der Waals surface area contributed by atoms with Crippen molar-refractivity contribution in [3.63, 3.8) is 0 Å². The lowest BCUT2D eigenvalue weighted by Gasteiger charge is -2.35. The van der Waals surface area contributed by atoms with Crippen LogP contribution in [0.3, 0.4) is 0 Å². The fourth-order valence-electron chi connectivity index (χ4n) is 2.56. The van der Waals surface area contributed by atoms with E-state index in [-0.39, 0.29) is 0 Å². The summed E-state index contributed by atoms with van der Waals surface area (Å²) in [6.45, 7) is 8.99. The number of hydrogen-bond acceptors (Lipinski definition) is 5. The molecule has 0 aliphatic carbocycles. The van der Waals surface area contributed by atoms with Gasteiger partial charge < -0.3 is 19.9 Å². The second-order valence-corrected chi connectivity index (χ2v) is 8.63. The van der Waals surface area contributed by atoms with Crippen LogP contribution in [0.25, 0.3) is 11.1 Å². The summed E-state index contributed by atoms with van der Waals surface area (Å²) >= 11 is 1.31. The standard InChI is InChI=1S/C22H28N2O2S/c1-21(2,25)22(3,4)26-27-20-12-18(16-7-5-9-23-14-16)11-19(13-20)17-8-6-10-24-15-17/h5-9,11-13,15,23-25H,10,14H2,1-4H3. The van der Waals surface area contributed by atoms with Crippen LogP contribution in [0.5, 0.6) is 0 Å². The van der Waals surface area contributed by atoms with Gasteiger partial charge in [-0.2, -0.15) is 0 Å². The first-order valence-electron chi connectivity index (χ1n) is 9.19. The average Bonchev–Trinajstić information content (AvgIpc) is 2.67. The molecule has 1 aromatic rings. The molecule has 0 atom stereocenters. The highest BCUT2D eigenvalue weighted by Gasteiger charge is 2.37. The predicted molar refractivity (Wildman–Crippen MR) is 114 cm³/mol. The maximum absolute atomic E-state index is 10.4. The number of nitrogens with one attached hydrogen (secondary N) is 2. The monoisotopic (exact) mass is 384 g/mol. The largest absolute Gasteiger partial charge is 0.387 e. The van der Waals surface area contributed by atoms with Crippen molar-refractivity contribution in [1.82, 2.24) is 10.6 Å². The molecule has 2 heterocycles. The Bertz CT molecular complexity index is 814. The van der Waals surface area contributed by atoms with Crippen LogP contribution >= 0.6 is 12.0 Å². The Balaban J connectivity index is 1.92. The van der Waals surface area contributed by atoms with E-state index in [1.807, 2.05) is 32.3 Å². The van der Waals surface area contributed by atoms with Crippen molar-refractivity contribution in [3.05, 3.63) is 66.0 Å². The van der Waals surface area contributed by atoms with Gasteiger partial charge in [-0.15, -0.1) is 0 Å². The van der Waals surface area contributed by atoms with Crippen LogP contribution in [-0.2, 0) is 4.18 Å². The van der Waals surface area contributed by atoms with Crippen LogP contribution in [0.15, 0.2) is 59.8 Å². The lowest BCUT2D eigenvalue weighted by molar-refractivity contribution is -0.0813. The van der Waals surface area contributed by atoms with Gasteiger partial charge in [-0.1, -0.05) is 18.2 Å². The topological polar surface area (TPSA) is 53.5 Å². The minimum atomic E-state index is -0.945. The summed E-state index contributed by atoms with van der Waals surface area (Å²) < 4.78 is 6.03. The molecule has 5 heteroatoms. The van der Waals surface area contributed by atoms with E-state index in [4.69, 9.17) is 4.18 Å². The highest BCUT2D eigenvalue weighted by Crippen LogP contribution is 2.35. The lowest BCUT2D eigenvalue weighted by atomic mass is 9.90. The van der Waals surface area contributed by atoms with Crippen molar-refractivity contribution >= 4 is 23.2 Å². The Hall–Kier alpha value is -1.95. The zero-order chi connectivity index (χ0) is 19.5. The van der Waals surface area contributed by atoms with E-state index in [2.05, 4.69) is 47.1 Å². The van der Waals surface area contributed by atoms with Crippen molar-refractivity contribution in [2.24, 2.45) is 0 Å². The second-order valence-electron chi connectivity index (χ2n) is 7.82. The van der Waals surface area contributed by atoms with Gasteiger partial charge in [0, 0.05) is 36.2 Å². The van der Waals surface area contributed by atoms with Crippen LogP contribution in [0.2, 0.25) is 0 Å². The Morgan fingerprint density at radius 2 is 1.85 bits per heavy atom. The molecule has 0 bridgehead atoms. The summed E-state index contributed by atoms with van der Waals surface area (Å²) in [5.74, 6) is 0. The summed E-state index contributed by atoms with van der Waals surface area (Å²) in [7, 11) is 0. The molecule has 0 aromatic heterocycles. The molecule has 3 rings (SSSR count). The lowest BCUT2D eigenvalue weighted by Crippen LogP contribution is -2.45. The summed E-state index contributed by atoms with van der Waals surface area (Å²) in [5.41, 5.74) is 3.05. The van der Waals surface area contributed by atoms with E-state index in [9.17, 15) is 5.11 Å². The first-order chi connectivity index (χ1) is 12.8. The Labute approximate surface area is 166 Å². The van der Waals surface area contributed by atoms with E-state index in [1.165, 1.54) is 17.6 Å². The summed E-state index contributed by atoms with van der Waals surface area (Å²) in [5, 5.41) is 16.9. The molecular weight excluding hydrogens is 356 g/mol. The summed E-state index contributed by atoms with van der Waals surface area (Å²) in [4.78, 5) is 1.01. The van der Waals surface area contributed by atoms with Gasteiger partial charge in [0.1, 0.15) is 5.60 Å². The van der Waals surface area contributed by atoms with Gasteiger partial charge >= 0.3 is 0 Å². The maximum Gasteiger partial charge on any atom is 0.106 e. The average molecular weight is 385 g/mol. The minimum absolute atomic E-state index is 0.687. The SMILES string of the molecule is CC(C)(O)C(C)(C)OSc1cc(C2=CNCC=C2)cc(C2=CC=CNC2)c1. The van der Waals surface area contributed by atoms with Gasteiger partial charge in [0.2, 0.25) is 0 Å². The number of aliphatic hydroxyl groups is 1. The number of hydrogen-bond donors (Lipinski definition) is 3. The number of dihydropyridines is 2. The molecule has 1 aromatic carbocycles. The number of benzene rings is 1. The zero-order valence-electron chi connectivity index (χ0n) is 16.4. The third-order valence-corrected chi connectivity index (χ3v) is 5.95. The Morgan fingerprint density at radius 1 is 1.07 bits per heavy atom. The third kappa shape index (κ3) is 4.86. The van der Waals surface area contributed by atoms with Crippen molar-refractivity contribution in [3.8, 4) is 0 Å². The molecule has 0 saturated carbocycles. The van der Waals surface area contributed by atoms with Crippen LogP contribution in [0, 0.1) is 0 Å². The first-order valence-corrected chi connectivity index (χ1v) is 9.93. The van der Waals surface area contributed by atoms with Gasteiger partial charge in [0.15, 0.2) is 0 Å². The Morgan fingerprint density at radius 3 is 2.48 bits per heavy atom. The van der Waals surface area contributed by atoms with Crippen molar-refractivity contribution < 1.29 is 9.29 Å². The molecule has 0 unspecified atom stereocenters. The molecule has 4 nitrogen and oxygen atoms in total. The fourth-order valence-corrected chi connectivity index (χ4v) is 3.42. The number of rotatable bonds is 6. The van der Waals surface area contributed by atoms with Crippen LogP contribution in [-0.4, -0.2) is 29.4 Å². The van der Waals surface area contributed by atoms with Gasteiger partial charge in [0.25, 0.3) is 0 Å². The molecule has 0 amide bonds. The quantitative estimate of drug-likeness (QED) is 0.640. The van der Waals surface area contributed by atoms with Crippen LogP contribution < -0.4 is 10.6 Å². The van der Waals surface area contributed by atoms with E-state index in [0.717, 1.165) is 34.7 Å². The number of allylic oxidation sites excluding steroid dienone is 4. The van der Waals surface area contributed by atoms with Crippen molar-refractivity contribution in [2.75, 3.05) is 13.1 Å². The Kier molecular flexibility index (Phi) is 5.84. The highest BCUT2D eigenvalue weighted by molar-refractivity contribution is 7.94. The second kappa shape index (κ2) is 7.97. The van der Waals surface area contributed by atoms with E-state index >= 15 is 0 Å². The van der Waals surface area contributed by atoms with Gasteiger partial charge in [0.05, 0.1) is 5.60 Å². The predicted octanol–water partition coefficient (Wildman–Crippen LogP) is 4.26. The van der Waals surface area contributed by atoms with E-state index < -0.39 is 11.2 Å². The van der Waals surface area contributed by atoms with Gasteiger partial charge in [-0.25, -0.2) is 0 Å². The van der Waals surface area contributed by atoms with Crippen molar-refractivity contribution in [1.29, 1.82) is 0 Å². The molecule has 2 aliphatic rings. The third-order valence-electron chi connectivity index (χ3n) is 5.02. The molecule has 0 radical (unpaired) electrons. The van der Waals surface area contributed by atoms with E-state index in [1.54, 1.807) is 13.8 Å². The molecule has 0 spiro atoms. The molecule has 27 heavy (non-hydrogen) atoms. The normalized spacial score (nSPS) is 17.1. The van der Waals surface area contributed by atoms with Gasteiger partial charge in [-0.05, 0) is 80.4 Å². The molecule has 0 saturated heterocycles. The minimum Gasteiger partial charge on any atom is -0.387 e. The molecular formula is C22H28N2O2S. The van der Waals surface area contributed by atoms with Crippen LogP contribution in [0.4, 0.5) is 0 Å². The van der Waals surface area contributed by atoms with Crippen LogP contribution in [0.1, 0.15) is 38.8 Å². The fraction of sp³-hybridized carbons (Fsp3) is 0.364. The molecule has 0 fully saturated rings. The van der Waals surface area contributed by atoms with Crippen molar-refractivity contribution in [2.45, 2.75) is 43.8 Å². The smallest absolute Gasteiger partial charge is 0.106 e. The maximum atomic E-state index is 10.4. The first kappa shape index (κ1) is 19.8. The van der Waals surface area contributed by atoms with E-state index in [0.29, 0.717) is 0 Å². The molecule has 2 aliphatic heterocycles. The summed E-state index contributed by atoms with van der Waals surface area (Å²) in [6, 6.07) is 6.48.